The van der Waals surface area contributed by atoms with Crippen LogP contribution >= 0.6 is 0 Å². The van der Waals surface area contributed by atoms with Crippen LogP contribution in [0.3, 0.4) is 0 Å². The minimum Gasteiger partial charge on any atom is -0.384 e. The molecule has 0 saturated carbocycles. The normalized spacial score (nSPS) is 17.9. The molecule has 0 aromatic heterocycles. The van der Waals surface area contributed by atoms with Gasteiger partial charge in [0.2, 0.25) is 0 Å². The summed E-state index contributed by atoms with van der Waals surface area (Å²) in [5.41, 5.74) is 2.32. The molecule has 0 aliphatic carbocycles. The molecule has 1 atom stereocenters. The Bertz CT molecular complexity index is 396. The van der Waals surface area contributed by atoms with E-state index in [1.165, 1.54) is 5.56 Å². The van der Waals surface area contributed by atoms with Crippen molar-refractivity contribution in [3.8, 4) is 0 Å². The van der Waals surface area contributed by atoms with Gasteiger partial charge in [0.1, 0.15) is 5.78 Å². The van der Waals surface area contributed by atoms with Crippen molar-refractivity contribution in [2.45, 2.75) is 39.0 Å². The van der Waals surface area contributed by atoms with Gasteiger partial charge in [0.25, 0.3) is 0 Å². The van der Waals surface area contributed by atoms with Gasteiger partial charge in [-0.2, -0.15) is 0 Å². The summed E-state index contributed by atoms with van der Waals surface area (Å²) < 4.78 is 0. The van der Waals surface area contributed by atoms with Crippen molar-refractivity contribution in [3.63, 3.8) is 0 Å². The molecule has 2 heteroatoms. The Morgan fingerprint density at radius 1 is 1.35 bits per heavy atom. The highest BCUT2D eigenvalue weighted by atomic mass is 16.1. The van der Waals surface area contributed by atoms with E-state index >= 15 is 0 Å². The Morgan fingerprint density at radius 2 is 2.06 bits per heavy atom. The first-order valence-electron chi connectivity index (χ1n) is 6.61. The van der Waals surface area contributed by atoms with E-state index < -0.39 is 0 Å². The predicted molar refractivity (Wildman–Crippen MR) is 71.4 cm³/mol. The number of nitrogens with one attached hydrogen (secondary N) is 1. The summed E-state index contributed by atoms with van der Waals surface area (Å²) in [6.45, 7) is 5.11. The van der Waals surface area contributed by atoms with Crippen LogP contribution < -0.4 is 5.32 Å². The maximum atomic E-state index is 12.3. The average Bonchev–Trinajstić information content (AvgIpc) is 2.79. The monoisotopic (exact) mass is 231 g/mol. The van der Waals surface area contributed by atoms with E-state index in [4.69, 9.17) is 0 Å². The summed E-state index contributed by atoms with van der Waals surface area (Å²) >= 11 is 0. The number of hydrogen-bond acceptors (Lipinski definition) is 2. The summed E-state index contributed by atoms with van der Waals surface area (Å²) in [4.78, 5) is 12.3. The van der Waals surface area contributed by atoms with Gasteiger partial charge in [-0.25, -0.2) is 0 Å². The molecule has 0 radical (unpaired) electrons. The summed E-state index contributed by atoms with van der Waals surface area (Å²) in [5.74, 6) is 1.03. The third kappa shape index (κ3) is 2.51. The summed E-state index contributed by atoms with van der Waals surface area (Å²) in [7, 11) is 0. The minimum absolute atomic E-state index is 0.0757. The number of carbonyl (C=O) groups excluding carboxylic acids is 1. The quantitative estimate of drug-likeness (QED) is 0.839. The van der Waals surface area contributed by atoms with Gasteiger partial charge in [0.05, 0.1) is 5.92 Å². The number of hydrogen-bond donors (Lipinski definition) is 1. The summed E-state index contributed by atoms with van der Waals surface area (Å²) in [6.07, 6.45) is 2.93. The number of Topliss-reactive ketones (excluding diaryl/α,β-unsaturated/α-hetero) is 1. The molecule has 0 amide bonds. The number of rotatable bonds is 5. The van der Waals surface area contributed by atoms with Crippen LogP contribution in [0.2, 0.25) is 0 Å². The smallest absolute Gasteiger partial charge is 0.142 e. The van der Waals surface area contributed by atoms with E-state index in [1.54, 1.807) is 0 Å². The Hall–Kier alpha value is -1.31. The van der Waals surface area contributed by atoms with Crippen molar-refractivity contribution >= 4 is 11.5 Å². The molecule has 1 aliphatic rings. The molecule has 1 N–H and O–H groups in total. The third-order valence-corrected chi connectivity index (χ3v) is 3.87. The second-order valence-electron chi connectivity index (χ2n) is 4.87. The maximum Gasteiger partial charge on any atom is 0.142 e. The van der Waals surface area contributed by atoms with Crippen LogP contribution in [0.25, 0.3) is 0 Å². The lowest BCUT2D eigenvalue weighted by Crippen LogP contribution is -2.17. The van der Waals surface area contributed by atoms with Crippen molar-refractivity contribution in [1.82, 2.24) is 0 Å². The highest BCUT2D eigenvalue weighted by Crippen LogP contribution is 2.33. The van der Waals surface area contributed by atoms with Crippen LogP contribution in [0.15, 0.2) is 24.3 Å². The second kappa shape index (κ2) is 5.35. The molecule has 1 heterocycles. The zero-order chi connectivity index (χ0) is 12.3. The van der Waals surface area contributed by atoms with Crippen molar-refractivity contribution in [2.75, 3.05) is 11.9 Å². The largest absolute Gasteiger partial charge is 0.384 e. The fourth-order valence-corrected chi connectivity index (χ4v) is 2.58. The zero-order valence-electron chi connectivity index (χ0n) is 10.7. The molecule has 1 aromatic carbocycles. The van der Waals surface area contributed by atoms with Crippen molar-refractivity contribution < 1.29 is 4.79 Å². The average molecular weight is 231 g/mol. The first-order valence-corrected chi connectivity index (χ1v) is 6.61. The summed E-state index contributed by atoms with van der Waals surface area (Å²) in [5, 5.41) is 3.32. The van der Waals surface area contributed by atoms with Gasteiger partial charge in [-0.15, -0.1) is 0 Å². The molecular formula is C15H21NO. The maximum absolute atomic E-state index is 12.3. The van der Waals surface area contributed by atoms with Crippen LogP contribution in [0, 0.1) is 5.92 Å². The van der Waals surface area contributed by atoms with Gasteiger partial charge in [-0.05, 0) is 17.5 Å². The van der Waals surface area contributed by atoms with Crippen LogP contribution in [0.1, 0.15) is 44.6 Å². The molecule has 2 rings (SSSR count). The first-order chi connectivity index (χ1) is 8.26. The molecule has 0 bridgehead atoms. The van der Waals surface area contributed by atoms with E-state index in [0.29, 0.717) is 11.7 Å². The Kier molecular flexibility index (Phi) is 3.82. The summed E-state index contributed by atoms with van der Waals surface area (Å²) in [6, 6.07) is 8.16. The number of benzene rings is 1. The van der Waals surface area contributed by atoms with Gasteiger partial charge < -0.3 is 5.32 Å². The molecule has 17 heavy (non-hydrogen) atoms. The van der Waals surface area contributed by atoms with Crippen LogP contribution in [-0.2, 0) is 4.79 Å². The van der Waals surface area contributed by atoms with Gasteiger partial charge in [0, 0.05) is 18.7 Å². The minimum atomic E-state index is 0.0757. The Balaban J connectivity index is 2.07. The number of carbonyl (C=O) groups is 1. The Morgan fingerprint density at radius 3 is 2.76 bits per heavy atom. The molecule has 0 saturated heterocycles. The highest BCUT2D eigenvalue weighted by Gasteiger charge is 2.28. The molecule has 92 valence electrons. The van der Waals surface area contributed by atoms with Crippen molar-refractivity contribution in [2.24, 2.45) is 5.92 Å². The molecule has 2 nitrogen and oxygen atoms in total. The number of ketones is 1. The highest BCUT2D eigenvalue weighted by molar-refractivity contribution is 5.90. The lowest BCUT2D eigenvalue weighted by molar-refractivity contribution is -0.121. The fourth-order valence-electron chi connectivity index (χ4n) is 2.58. The van der Waals surface area contributed by atoms with E-state index in [1.807, 2.05) is 12.1 Å². The second-order valence-corrected chi connectivity index (χ2v) is 4.87. The van der Waals surface area contributed by atoms with E-state index in [2.05, 4.69) is 31.3 Å². The lowest BCUT2D eigenvalue weighted by Gasteiger charge is -2.14. The van der Waals surface area contributed by atoms with Crippen molar-refractivity contribution in [3.05, 3.63) is 29.8 Å². The van der Waals surface area contributed by atoms with E-state index in [0.717, 1.165) is 31.5 Å². The Labute approximate surface area is 103 Å². The molecule has 1 aliphatic heterocycles. The van der Waals surface area contributed by atoms with Gasteiger partial charge in [0.15, 0.2) is 0 Å². The van der Waals surface area contributed by atoms with E-state index in [-0.39, 0.29) is 5.92 Å². The standard InChI is InChI=1S/C15H21NO/c1-3-11(4-2)9-15(17)13-10-16-14-8-6-5-7-12(13)14/h5-8,11,13,16H,3-4,9-10H2,1-2H3. The molecule has 1 unspecified atom stereocenters. The lowest BCUT2D eigenvalue weighted by atomic mass is 9.88. The molecule has 1 aromatic rings. The van der Waals surface area contributed by atoms with Gasteiger partial charge >= 0.3 is 0 Å². The van der Waals surface area contributed by atoms with Crippen LogP contribution in [0.5, 0.6) is 0 Å². The van der Waals surface area contributed by atoms with Crippen molar-refractivity contribution in [1.29, 1.82) is 0 Å². The number of anilines is 1. The molecule has 0 spiro atoms. The SMILES string of the molecule is CCC(CC)CC(=O)C1CNc2ccccc21. The topological polar surface area (TPSA) is 29.1 Å². The zero-order valence-corrected chi connectivity index (χ0v) is 10.7. The fraction of sp³-hybridized carbons (Fsp3) is 0.533. The number of para-hydroxylation sites is 1. The third-order valence-electron chi connectivity index (χ3n) is 3.87. The van der Waals surface area contributed by atoms with E-state index in [9.17, 15) is 4.79 Å². The first kappa shape index (κ1) is 12.2. The van der Waals surface area contributed by atoms with Gasteiger partial charge in [-0.1, -0.05) is 44.9 Å². The van der Waals surface area contributed by atoms with Crippen LogP contribution in [0.4, 0.5) is 5.69 Å². The van der Waals surface area contributed by atoms with Crippen LogP contribution in [-0.4, -0.2) is 12.3 Å². The number of fused-ring (bicyclic) bond motifs is 1. The molecule has 0 fully saturated rings. The molecular weight excluding hydrogens is 210 g/mol. The van der Waals surface area contributed by atoms with Gasteiger partial charge in [-0.3, -0.25) is 4.79 Å². The predicted octanol–water partition coefficient (Wildman–Crippen LogP) is 3.59.